The summed E-state index contributed by atoms with van der Waals surface area (Å²) in [4.78, 5) is 12.2. The van der Waals surface area contributed by atoms with Gasteiger partial charge in [0.05, 0.1) is 11.3 Å². The molecular weight excluding hydrogens is 231 g/mol. The van der Waals surface area contributed by atoms with Crippen LogP contribution in [0.5, 0.6) is 0 Å². The number of amides is 1. The van der Waals surface area contributed by atoms with Crippen molar-refractivity contribution in [2.75, 3.05) is 5.73 Å². The molecule has 0 atom stereocenters. The molecule has 0 radical (unpaired) electrons. The molecular formula is C14H21FN2O. The molecule has 100 valence electrons. The predicted octanol–water partition coefficient (Wildman–Crippen LogP) is 3.11. The first-order valence-corrected chi connectivity index (χ1v) is 6.36. The van der Waals surface area contributed by atoms with Crippen LogP contribution in [-0.4, -0.2) is 11.4 Å². The van der Waals surface area contributed by atoms with Gasteiger partial charge in [-0.05, 0) is 31.4 Å². The summed E-state index contributed by atoms with van der Waals surface area (Å²) >= 11 is 0. The first kappa shape index (κ1) is 14.5. The van der Waals surface area contributed by atoms with Crippen molar-refractivity contribution in [3.8, 4) is 0 Å². The zero-order chi connectivity index (χ0) is 13.8. The molecule has 1 rings (SSSR count). The van der Waals surface area contributed by atoms with Crippen LogP contribution in [-0.2, 0) is 0 Å². The summed E-state index contributed by atoms with van der Waals surface area (Å²) in [7, 11) is 0. The number of benzene rings is 1. The van der Waals surface area contributed by atoms with Crippen LogP contribution in [0.25, 0.3) is 0 Å². The normalized spacial score (nSPS) is 11.3. The van der Waals surface area contributed by atoms with Crippen LogP contribution in [0, 0.1) is 5.82 Å². The molecule has 3 N–H and O–H groups in total. The number of hydrogen-bond donors (Lipinski definition) is 2. The zero-order valence-electron chi connectivity index (χ0n) is 11.2. The van der Waals surface area contributed by atoms with Gasteiger partial charge in [-0.2, -0.15) is 0 Å². The van der Waals surface area contributed by atoms with Gasteiger partial charge in [0, 0.05) is 5.54 Å². The molecule has 18 heavy (non-hydrogen) atoms. The number of carbonyl (C=O) groups is 1. The molecule has 0 aliphatic heterocycles. The molecule has 0 unspecified atom stereocenters. The number of carbonyl (C=O) groups excluding carboxylic acids is 1. The van der Waals surface area contributed by atoms with E-state index in [0.717, 1.165) is 19.3 Å². The van der Waals surface area contributed by atoms with Gasteiger partial charge in [0.2, 0.25) is 0 Å². The van der Waals surface area contributed by atoms with E-state index in [1.165, 1.54) is 12.1 Å². The third-order valence-electron chi connectivity index (χ3n) is 3.71. The van der Waals surface area contributed by atoms with Crippen molar-refractivity contribution >= 4 is 11.6 Å². The maximum Gasteiger partial charge on any atom is 0.253 e. The number of hydrogen-bond acceptors (Lipinski definition) is 2. The Bertz CT molecular complexity index is 420. The second kappa shape index (κ2) is 5.85. The first-order chi connectivity index (χ1) is 8.49. The second-order valence-corrected chi connectivity index (χ2v) is 4.50. The largest absolute Gasteiger partial charge is 0.396 e. The summed E-state index contributed by atoms with van der Waals surface area (Å²) in [5, 5.41) is 2.98. The molecule has 3 nitrogen and oxygen atoms in total. The highest BCUT2D eigenvalue weighted by molar-refractivity contribution is 5.99. The Balaban J connectivity index is 2.98. The number of rotatable bonds is 5. The lowest BCUT2D eigenvalue weighted by molar-refractivity contribution is 0.0889. The number of halogens is 1. The van der Waals surface area contributed by atoms with Crippen molar-refractivity contribution in [2.45, 2.75) is 45.6 Å². The highest BCUT2D eigenvalue weighted by Crippen LogP contribution is 2.22. The molecule has 0 saturated heterocycles. The van der Waals surface area contributed by atoms with E-state index < -0.39 is 5.82 Å². The highest BCUT2D eigenvalue weighted by atomic mass is 19.1. The number of nitrogens with two attached hydrogens (primary N) is 1. The van der Waals surface area contributed by atoms with Crippen LogP contribution in [0.15, 0.2) is 18.2 Å². The molecule has 1 aromatic rings. The first-order valence-electron chi connectivity index (χ1n) is 6.36. The van der Waals surface area contributed by atoms with Crippen LogP contribution in [0.2, 0.25) is 0 Å². The van der Waals surface area contributed by atoms with E-state index >= 15 is 0 Å². The van der Waals surface area contributed by atoms with Crippen molar-refractivity contribution in [1.82, 2.24) is 5.32 Å². The van der Waals surface area contributed by atoms with Crippen molar-refractivity contribution in [3.05, 3.63) is 29.6 Å². The van der Waals surface area contributed by atoms with Gasteiger partial charge in [0.15, 0.2) is 0 Å². The average molecular weight is 252 g/mol. The molecule has 1 amide bonds. The van der Waals surface area contributed by atoms with E-state index in [9.17, 15) is 9.18 Å². The van der Waals surface area contributed by atoms with E-state index in [1.54, 1.807) is 6.07 Å². The van der Waals surface area contributed by atoms with Gasteiger partial charge in [-0.1, -0.05) is 26.8 Å². The molecule has 0 fully saturated rings. The van der Waals surface area contributed by atoms with E-state index in [-0.39, 0.29) is 22.7 Å². The van der Waals surface area contributed by atoms with Gasteiger partial charge in [-0.25, -0.2) is 4.39 Å². The fourth-order valence-electron chi connectivity index (χ4n) is 2.06. The molecule has 0 saturated carbocycles. The van der Waals surface area contributed by atoms with Gasteiger partial charge in [-0.15, -0.1) is 0 Å². The fourth-order valence-corrected chi connectivity index (χ4v) is 2.06. The predicted molar refractivity (Wildman–Crippen MR) is 71.9 cm³/mol. The molecule has 0 bridgehead atoms. The Morgan fingerprint density at radius 1 is 1.28 bits per heavy atom. The highest BCUT2D eigenvalue weighted by Gasteiger charge is 2.27. The number of anilines is 1. The number of nitrogen functional groups attached to an aromatic ring is 1. The van der Waals surface area contributed by atoms with E-state index in [4.69, 9.17) is 5.73 Å². The quantitative estimate of drug-likeness (QED) is 0.791. The van der Waals surface area contributed by atoms with Gasteiger partial charge in [-0.3, -0.25) is 4.79 Å². The second-order valence-electron chi connectivity index (χ2n) is 4.50. The van der Waals surface area contributed by atoms with E-state index in [2.05, 4.69) is 5.32 Å². The Morgan fingerprint density at radius 3 is 2.33 bits per heavy atom. The maximum atomic E-state index is 13.3. The summed E-state index contributed by atoms with van der Waals surface area (Å²) in [5.74, 6) is -0.865. The Morgan fingerprint density at radius 2 is 1.83 bits per heavy atom. The molecule has 0 aliphatic rings. The van der Waals surface area contributed by atoms with Crippen molar-refractivity contribution in [3.63, 3.8) is 0 Å². The third kappa shape index (κ3) is 2.81. The summed E-state index contributed by atoms with van der Waals surface area (Å²) in [6, 6.07) is 4.28. The van der Waals surface area contributed by atoms with Crippen molar-refractivity contribution < 1.29 is 9.18 Å². The molecule has 1 aromatic carbocycles. The smallest absolute Gasteiger partial charge is 0.253 e. The standard InChI is InChI=1S/C14H21FN2O/c1-4-14(5-2,6-3)17-13(18)10-8-7-9-11(15)12(10)16/h7-9H,4-6,16H2,1-3H3,(H,17,18). The lowest BCUT2D eigenvalue weighted by Crippen LogP contribution is -2.47. The molecule has 4 heteroatoms. The van der Waals surface area contributed by atoms with Crippen molar-refractivity contribution in [1.29, 1.82) is 0 Å². The minimum atomic E-state index is -0.558. The van der Waals surface area contributed by atoms with Crippen LogP contribution >= 0.6 is 0 Å². The Hall–Kier alpha value is -1.58. The van der Waals surface area contributed by atoms with Gasteiger partial charge in [0.25, 0.3) is 5.91 Å². The Kier molecular flexibility index (Phi) is 4.70. The van der Waals surface area contributed by atoms with Gasteiger partial charge in [0.1, 0.15) is 5.82 Å². The maximum absolute atomic E-state index is 13.3. The average Bonchev–Trinajstić information content (AvgIpc) is 2.39. The molecule has 0 aliphatic carbocycles. The SMILES string of the molecule is CCC(CC)(CC)NC(=O)c1cccc(F)c1N. The summed E-state index contributed by atoms with van der Waals surface area (Å²) in [6.07, 6.45) is 2.50. The van der Waals surface area contributed by atoms with Crippen molar-refractivity contribution in [2.24, 2.45) is 0 Å². The molecule has 0 aromatic heterocycles. The zero-order valence-corrected chi connectivity index (χ0v) is 11.2. The lowest BCUT2D eigenvalue weighted by atomic mass is 9.89. The topological polar surface area (TPSA) is 55.1 Å². The van der Waals surface area contributed by atoms with Gasteiger partial charge < -0.3 is 11.1 Å². The van der Waals surface area contributed by atoms with E-state index in [0.29, 0.717) is 0 Å². The third-order valence-corrected chi connectivity index (χ3v) is 3.71. The summed E-state index contributed by atoms with van der Waals surface area (Å²) in [6.45, 7) is 6.09. The van der Waals surface area contributed by atoms with Crippen LogP contribution in [0.3, 0.4) is 0 Å². The summed E-state index contributed by atoms with van der Waals surface area (Å²) in [5.41, 5.74) is 5.46. The molecule has 0 spiro atoms. The lowest BCUT2D eigenvalue weighted by Gasteiger charge is -2.32. The minimum Gasteiger partial charge on any atom is -0.396 e. The van der Waals surface area contributed by atoms with Gasteiger partial charge >= 0.3 is 0 Å². The fraction of sp³-hybridized carbons (Fsp3) is 0.500. The monoisotopic (exact) mass is 252 g/mol. The summed E-state index contributed by atoms with van der Waals surface area (Å²) < 4.78 is 13.3. The van der Waals surface area contributed by atoms with Crippen LogP contribution < -0.4 is 11.1 Å². The van der Waals surface area contributed by atoms with Crippen LogP contribution in [0.1, 0.15) is 50.4 Å². The number of nitrogens with one attached hydrogen (secondary N) is 1. The molecule has 0 heterocycles. The number of para-hydroxylation sites is 1. The van der Waals surface area contributed by atoms with E-state index in [1.807, 2.05) is 20.8 Å². The van der Waals surface area contributed by atoms with Crippen LogP contribution in [0.4, 0.5) is 10.1 Å². The Labute approximate surface area is 108 Å². The minimum absolute atomic E-state index is 0.0905.